The molecule has 7 nitrogen and oxygen atoms in total. The van der Waals surface area contributed by atoms with Gasteiger partial charge >= 0.3 is 5.97 Å². The number of nitrogens with zero attached hydrogens (tertiary/aromatic N) is 1. The van der Waals surface area contributed by atoms with Gasteiger partial charge in [-0.05, 0) is 30.5 Å². The summed E-state index contributed by atoms with van der Waals surface area (Å²) in [5.41, 5.74) is 0.673. The van der Waals surface area contributed by atoms with Gasteiger partial charge in [0.15, 0.2) is 6.61 Å². The van der Waals surface area contributed by atoms with E-state index in [0.29, 0.717) is 18.0 Å². The van der Waals surface area contributed by atoms with E-state index >= 15 is 0 Å². The van der Waals surface area contributed by atoms with Crippen LogP contribution in [0.15, 0.2) is 52.0 Å². The summed E-state index contributed by atoms with van der Waals surface area (Å²) in [7, 11) is 0. The molecule has 0 radical (unpaired) electrons. The summed E-state index contributed by atoms with van der Waals surface area (Å²) in [5, 5.41) is 2.73. The van der Waals surface area contributed by atoms with Crippen molar-refractivity contribution in [3.05, 3.63) is 48.4 Å². The molecule has 1 aromatic carbocycles. The van der Waals surface area contributed by atoms with Gasteiger partial charge < -0.3 is 19.4 Å². The van der Waals surface area contributed by atoms with Gasteiger partial charge in [0.25, 0.3) is 5.91 Å². The Morgan fingerprint density at radius 1 is 1.30 bits per heavy atom. The first-order valence-electron chi connectivity index (χ1n) is 8.46. The summed E-state index contributed by atoms with van der Waals surface area (Å²) in [6.45, 7) is 0.196. The lowest BCUT2D eigenvalue weighted by Crippen LogP contribution is -2.28. The first-order valence-corrected chi connectivity index (χ1v) is 9.69. The minimum absolute atomic E-state index is 0.0798. The van der Waals surface area contributed by atoms with Crippen molar-refractivity contribution < 1.29 is 23.5 Å². The average molecular weight is 388 g/mol. The zero-order valence-electron chi connectivity index (χ0n) is 14.8. The van der Waals surface area contributed by atoms with Crippen LogP contribution < -0.4 is 5.32 Å². The van der Waals surface area contributed by atoms with Crippen LogP contribution in [0.3, 0.4) is 0 Å². The van der Waals surface area contributed by atoms with Crippen molar-refractivity contribution in [2.75, 3.05) is 24.7 Å². The molecule has 1 aliphatic rings. The van der Waals surface area contributed by atoms with Crippen molar-refractivity contribution in [1.82, 2.24) is 4.90 Å². The summed E-state index contributed by atoms with van der Waals surface area (Å²) in [6.07, 6.45) is 3.53. The SMILES string of the molecule is CSc1ccccc1NC(=O)COC(=O)[C@@H]1CC(=O)N(Cc2ccco2)C1. The molecular formula is C19H20N2O5S. The van der Waals surface area contributed by atoms with Crippen LogP contribution in [-0.2, 0) is 25.7 Å². The van der Waals surface area contributed by atoms with E-state index in [2.05, 4.69) is 5.32 Å². The number of hydrogen-bond acceptors (Lipinski definition) is 6. The number of anilines is 1. The maximum Gasteiger partial charge on any atom is 0.311 e. The summed E-state index contributed by atoms with van der Waals surface area (Å²) >= 11 is 1.51. The van der Waals surface area contributed by atoms with Gasteiger partial charge in [-0.3, -0.25) is 14.4 Å². The first kappa shape index (κ1) is 19.0. The van der Waals surface area contributed by atoms with E-state index < -0.39 is 17.8 Å². The number of carbonyl (C=O) groups excluding carboxylic acids is 3. The van der Waals surface area contributed by atoms with Crippen molar-refractivity contribution in [1.29, 1.82) is 0 Å². The maximum absolute atomic E-state index is 12.2. The van der Waals surface area contributed by atoms with Gasteiger partial charge in [0.1, 0.15) is 5.76 Å². The van der Waals surface area contributed by atoms with Gasteiger partial charge in [0.2, 0.25) is 5.91 Å². The largest absolute Gasteiger partial charge is 0.467 e. The minimum atomic E-state index is -0.571. The van der Waals surface area contributed by atoms with Crippen LogP contribution in [-0.4, -0.2) is 42.1 Å². The van der Waals surface area contributed by atoms with Crippen molar-refractivity contribution in [3.8, 4) is 0 Å². The number of likely N-dealkylation sites (tertiary alicyclic amines) is 1. The Balaban J connectivity index is 1.47. The molecule has 0 aliphatic carbocycles. The molecule has 2 aromatic rings. The topological polar surface area (TPSA) is 88.8 Å². The standard InChI is InChI=1S/C19H20N2O5S/c1-27-16-7-3-2-6-15(16)20-17(22)12-26-19(24)13-9-18(23)21(10-13)11-14-5-4-8-25-14/h2-8,13H,9-12H2,1H3,(H,20,22)/t13-/m1/s1. The van der Waals surface area contributed by atoms with Crippen molar-refractivity contribution in [3.63, 3.8) is 0 Å². The molecule has 0 bridgehead atoms. The molecule has 8 heteroatoms. The first-order chi connectivity index (χ1) is 13.1. The zero-order chi connectivity index (χ0) is 19.2. The number of benzene rings is 1. The predicted octanol–water partition coefficient (Wildman–Crippen LogP) is 2.53. The number of rotatable bonds is 7. The Morgan fingerprint density at radius 3 is 2.85 bits per heavy atom. The summed E-state index contributed by atoms with van der Waals surface area (Å²) in [6, 6.07) is 10.9. The third-order valence-electron chi connectivity index (χ3n) is 4.20. The van der Waals surface area contributed by atoms with E-state index in [1.807, 2.05) is 24.5 Å². The molecule has 27 heavy (non-hydrogen) atoms. The number of esters is 1. The number of ether oxygens (including phenoxy) is 1. The number of nitrogens with one attached hydrogen (secondary N) is 1. The molecule has 0 saturated carbocycles. The summed E-state index contributed by atoms with van der Waals surface area (Å²) in [4.78, 5) is 38.8. The van der Waals surface area contributed by atoms with Gasteiger partial charge in [-0.15, -0.1) is 11.8 Å². The Labute approximate surface area is 161 Å². The van der Waals surface area contributed by atoms with E-state index in [-0.39, 0.29) is 25.5 Å². The lowest BCUT2D eigenvalue weighted by Gasteiger charge is -2.15. The third-order valence-corrected chi connectivity index (χ3v) is 5.00. The highest BCUT2D eigenvalue weighted by molar-refractivity contribution is 7.98. The third kappa shape index (κ3) is 4.91. The van der Waals surface area contributed by atoms with E-state index in [0.717, 1.165) is 4.90 Å². The second-order valence-electron chi connectivity index (χ2n) is 6.11. The summed E-state index contributed by atoms with van der Waals surface area (Å²) in [5.74, 6) is -1.00. The molecule has 2 amide bonds. The van der Waals surface area contributed by atoms with E-state index in [1.54, 1.807) is 23.1 Å². The molecule has 3 rings (SSSR count). The van der Waals surface area contributed by atoms with Crippen molar-refractivity contribution in [2.45, 2.75) is 17.9 Å². The Bertz CT molecular complexity index is 821. The van der Waals surface area contributed by atoms with Crippen molar-refractivity contribution >= 4 is 35.2 Å². The fourth-order valence-electron chi connectivity index (χ4n) is 2.86. The number of carbonyl (C=O) groups is 3. The minimum Gasteiger partial charge on any atom is -0.467 e. The van der Waals surface area contributed by atoms with Crippen LogP contribution in [0.4, 0.5) is 5.69 Å². The molecule has 0 unspecified atom stereocenters. The van der Waals surface area contributed by atoms with Gasteiger partial charge in [-0.1, -0.05) is 12.1 Å². The Kier molecular flexibility index (Phi) is 6.18. The number of hydrogen-bond donors (Lipinski definition) is 1. The molecule has 1 aliphatic heterocycles. The van der Waals surface area contributed by atoms with Gasteiger partial charge in [0.05, 0.1) is 24.4 Å². The Morgan fingerprint density at radius 2 is 2.11 bits per heavy atom. The highest BCUT2D eigenvalue weighted by Gasteiger charge is 2.35. The van der Waals surface area contributed by atoms with Crippen molar-refractivity contribution in [2.24, 2.45) is 5.92 Å². The lowest BCUT2D eigenvalue weighted by atomic mass is 10.1. The lowest BCUT2D eigenvalue weighted by molar-refractivity contribution is -0.151. The smallest absolute Gasteiger partial charge is 0.311 e. The van der Waals surface area contributed by atoms with Gasteiger partial charge in [-0.2, -0.15) is 0 Å². The normalized spacial score (nSPS) is 16.4. The van der Waals surface area contributed by atoms with Crippen LogP contribution >= 0.6 is 11.8 Å². The second kappa shape index (κ2) is 8.77. The molecule has 0 spiro atoms. The number of amides is 2. The van der Waals surface area contributed by atoms with Crippen LogP contribution in [0.25, 0.3) is 0 Å². The van der Waals surface area contributed by atoms with Gasteiger partial charge in [0, 0.05) is 17.9 Å². The zero-order valence-corrected chi connectivity index (χ0v) is 15.7. The Hall–Kier alpha value is -2.74. The second-order valence-corrected chi connectivity index (χ2v) is 6.96. The maximum atomic E-state index is 12.2. The molecular weight excluding hydrogens is 368 g/mol. The molecule has 1 aromatic heterocycles. The number of thioether (sulfide) groups is 1. The highest BCUT2D eigenvalue weighted by atomic mass is 32.2. The van der Waals surface area contributed by atoms with E-state index in [4.69, 9.17) is 9.15 Å². The summed E-state index contributed by atoms with van der Waals surface area (Å²) < 4.78 is 10.3. The molecule has 1 N–H and O–H groups in total. The molecule has 2 heterocycles. The van der Waals surface area contributed by atoms with Crippen LogP contribution in [0.1, 0.15) is 12.2 Å². The fourth-order valence-corrected chi connectivity index (χ4v) is 3.42. The predicted molar refractivity (Wildman–Crippen MR) is 100 cm³/mol. The van der Waals surface area contributed by atoms with Crippen LogP contribution in [0, 0.1) is 5.92 Å². The highest BCUT2D eigenvalue weighted by Crippen LogP contribution is 2.25. The van der Waals surface area contributed by atoms with E-state index in [1.165, 1.54) is 18.0 Å². The molecule has 1 atom stereocenters. The van der Waals surface area contributed by atoms with Crippen LogP contribution in [0.5, 0.6) is 0 Å². The molecule has 1 saturated heterocycles. The number of para-hydroxylation sites is 1. The van der Waals surface area contributed by atoms with Gasteiger partial charge in [-0.25, -0.2) is 0 Å². The molecule has 142 valence electrons. The average Bonchev–Trinajstić information content (AvgIpc) is 3.31. The van der Waals surface area contributed by atoms with E-state index in [9.17, 15) is 14.4 Å². The monoisotopic (exact) mass is 388 g/mol. The molecule has 1 fully saturated rings. The number of furan rings is 1. The fraction of sp³-hybridized carbons (Fsp3) is 0.316. The quantitative estimate of drug-likeness (QED) is 0.579. The van der Waals surface area contributed by atoms with Crippen LogP contribution in [0.2, 0.25) is 0 Å².